The lowest BCUT2D eigenvalue weighted by Gasteiger charge is -1.96. The van der Waals surface area contributed by atoms with Crippen molar-refractivity contribution >= 4 is 39.7 Å². The number of nitrogens with zero attached hydrogens (tertiary/aromatic N) is 1. The van der Waals surface area contributed by atoms with Crippen molar-refractivity contribution in [2.45, 2.75) is 6.54 Å². The molecule has 0 aliphatic rings. The van der Waals surface area contributed by atoms with Gasteiger partial charge in [-0.1, -0.05) is 60.4 Å². The Morgan fingerprint density at radius 3 is 2.61 bits per heavy atom. The Kier molecular flexibility index (Phi) is 4.64. The number of ether oxygens (including phenoxy) is 1. The quantitative estimate of drug-likeness (QED) is 0.403. The first kappa shape index (κ1) is 15.2. The van der Waals surface area contributed by atoms with Gasteiger partial charge in [0.05, 0.1) is 6.26 Å². The number of fused-ring (bicyclic) bond motifs is 1. The number of rotatable bonds is 5. The number of esters is 1. The zero-order chi connectivity index (χ0) is 16.1. The molecular formula is C19H16NO2S+. The molecule has 4 heteroatoms. The second-order valence-electron chi connectivity index (χ2n) is 4.89. The first-order valence-electron chi connectivity index (χ1n) is 7.23. The molecule has 0 radical (unpaired) electrons. The minimum Gasteiger partial charge on any atom is -0.430 e. The van der Waals surface area contributed by atoms with Crippen LogP contribution >= 0.6 is 11.3 Å². The largest absolute Gasteiger partial charge is 0.430 e. The highest BCUT2D eigenvalue weighted by Gasteiger charge is 2.21. The van der Waals surface area contributed by atoms with Crippen LogP contribution in [0.25, 0.3) is 22.4 Å². The van der Waals surface area contributed by atoms with E-state index in [2.05, 4.69) is 12.6 Å². The van der Waals surface area contributed by atoms with E-state index in [4.69, 9.17) is 4.74 Å². The van der Waals surface area contributed by atoms with Gasteiger partial charge in [-0.15, -0.1) is 0 Å². The number of carbonyl (C=O) groups excluding carboxylic acids is 1. The van der Waals surface area contributed by atoms with Crippen molar-refractivity contribution < 1.29 is 14.1 Å². The summed E-state index contributed by atoms with van der Waals surface area (Å²) in [5.74, 6) is -0.331. The molecule has 0 atom stereocenters. The molecule has 0 spiro atoms. The summed E-state index contributed by atoms with van der Waals surface area (Å²) in [6, 6.07) is 18.1. The van der Waals surface area contributed by atoms with Crippen molar-refractivity contribution in [2.24, 2.45) is 0 Å². The molecular weight excluding hydrogens is 306 g/mol. The molecule has 23 heavy (non-hydrogen) atoms. The van der Waals surface area contributed by atoms with E-state index >= 15 is 0 Å². The van der Waals surface area contributed by atoms with Gasteiger partial charge in [0.1, 0.15) is 4.70 Å². The van der Waals surface area contributed by atoms with Crippen LogP contribution in [0.2, 0.25) is 0 Å². The van der Waals surface area contributed by atoms with E-state index in [1.54, 1.807) is 11.3 Å². The maximum Gasteiger partial charge on any atom is 0.377 e. The standard InChI is InChI=1S/C19H16NO2S/c1-2-22-19(21)14-20-16-10-6-7-11-17(16)23-18(20)13-12-15-8-4-3-5-9-15/h2-13H,1,14H2/q+1. The normalized spacial score (nSPS) is 11.0. The van der Waals surface area contributed by atoms with Gasteiger partial charge in [-0.2, -0.15) is 4.57 Å². The molecule has 0 aliphatic carbocycles. The minimum absolute atomic E-state index is 0.157. The SMILES string of the molecule is C=COC(=O)C[n+]1c(C=Cc2ccccc2)sc2ccccc21. The molecule has 0 saturated carbocycles. The Labute approximate surface area is 138 Å². The van der Waals surface area contributed by atoms with Crippen LogP contribution in [-0.2, 0) is 16.1 Å². The monoisotopic (exact) mass is 322 g/mol. The summed E-state index contributed by atoms with van der Waals surface area (Å²) in [4.78, 5) is 11.8. The Hall–Kier alpha value is -2.72. The number of hydrogen-bond donors (Lipinski definition) is 0. The summed E-state index contributed by atoms with van der Waals surface area (Å²) in [5, 5.41) is 0.996. The van der Waals surface area contributed by atoms with Gasteiger partial charge < -0.3 is 4.74 Å². The molecule has 3 aromatic rings. The molecule has 1 heterocycles. The highest BCUT2D eigenvalue weighted by atomic mass is 32.1. The number of benzene rings is 2. The van der Waals surface area contributed by atoms with Gasteiger partial charge in [0.25, 0.3) is 5.01 Å². The molecule has 3 rings (SSSR count). The van der Waals surface area contributed by atoms with Crippen molar-refractivity contribution in [1.29, 1.82) is 0 Å². The topological polar surface area (TPSA) is 30.2 Å². The lowest BCUT2D eigenvalue weighted by Crippen LogP contribution is -2.39. The lowest BCUT2D eigenvalue weighted by atomic mass is 10.2. The Morgan fingerprint density at radius 2 is 1.83 bits per heavy atom. The first-order valence-corrected chi connectivity index (χ1v) is 8.04. The average Bonchev–Trinajstić information content (AvgIpc) is 2.92. The molecule has 2 aromatic carbocycles. The molecule has 0 bridgehead atoms. The van der Waals surface area contributed by atoms with Crippen molar-refractivity contribution in [1.82, 2.24) is 0 Å². The lowest BCUT2D eigenvalue weighted by molar-refractivity contribution is -0.657. The zero-order valence-corrected chi connectivity index (χ0v) is 13.3. The van der Waals surface area contributed by atoms with Crippen molar-refractivity contribution in [3.63, 3.8) is 0 Å². The van der Waals surface area contributed by atoms with Gasteiger partial charge in [-0.05, 0) is 17.7 Å². The predicted octanol–water partition coefficient (Wildman–Crippen LogP) is 4.05. The van der Waals surface area contributed by atoms with Crippen LogP contribution in [0.3, 0.4) is 0 Å². The number of thiazole rings is 1. The summed E-state index contributed by atoms with van der Waals surface area (Å²) in [6.07, 6.45) is 5.23. The molecule has 0 aliphatic heterocycles. The van der Waals surface area contributed by atoms with Crippen LogP contribution in [0.4, 0.5) is 0 Å². The van der Waals surface area contributed by atoms with Crippen LogP contribution in [0, 0.1) is 0 Å². The summed E-state index contributed by atoms with van der Waals surface area (Å²) in [7, 11) is 0. The maximum atomic E-state index is 11.8. The smallest absolute Gasteiger partial charge is 0.377 e. The van der Waals surface area contributed by atoms with E-state index in [1.807, 2.05) is 65.3 Å². The van der Waals surface area contributed by atoms with Gasteiger partial charge in [-0.25, -0.2) is 4.79 Å². The number of carbonyl (C=O) groups is 1. The molecule has 0 N–H and O–H groups in total. The molecule has 3 nitrogen and oxygen atoms in total. The second kappa shape index (κ2) is 7.03. The van der Waals surface area contributed by atoms with Gasteiger partial charge in [0, 0.05) is 12.1 Å². The van der Waals surface area contributed by atoms with E-state index in [0.717, 1.165) is 27.0 Å². The third-order valence-corrected chi connectivity index (χ3v) is 4.49. The molecule has 0 unspecified atom stereocenters. The summed E-state index contributed by atoms with van der Waals surface area (Å²) in [5.41, 5.74) is 2.14. The average molecular weight is 322 g/mol. The third-order valence-electron chi connectivity index (χ3n) is 3.36. The molecule has 0 fully saturated rings. The van der Waals surface area contributed by atoms with E-state index in [0.29, 0.717) is 0 Å². The molecule has 114 valence electrons. The van der Waals surface area contributed by atoms with Crippen LogP contribution in [0.5, 0.6) is 0 Å². The predicted molar refractivity (Wildman–Crippen MR) is 93.7 cm³/mol. The third kappa shape index (κ3) is 3.55. The zero-order valence-electron chi connectivity index (χ0n) is 12.5. The van der Waals surface area contributed by atoms with Crippen molar-refractivity contribution in [3.8, 4) is 0 Å². The highest BCUT2D eigenvalue weighted by Crippen LogP contribution is 2.22. The summed E-state index contributed by atoms with van der Waals surface area (Å²) >= 11 is 1.65. The van der Waals surface area contributed by atoms with Gasteiger partial charge in [-0.3, -0.25) is 0 Å². The molecule has 1 aromatic heterocycles. The maximum absolute atomic E-state index is 11.8. The fraction of sp³-hybridized carbons (Fsp3) is 0.0526. The van der Waals surface area contributed by atoms with Crippen molar-refractivity contribution in [3.05, 3.63) is 78.0 Å². The van der Waals surface area contributed by atoms with Crippen LogP contribution in [-0.4, -0.2) is 5.97 Å². The minimum atomic E-state index is -0.331. The first-order chi connectivity index (χ1) is 11.3. The molecule has 0 amide bonds. The Morgan fingerprint density at radius 1 is 1.09 bits per heavy atom. The fourth-order valence-electron chi connectivity index (χ4n) is 2.33. The van der Waals surface area contributed by atoms with E-state index in [-0.39, 0.29) is 12.5 Å². The van der Waals surface area contributed by atoms with Crippen LogP contribution in [0.1, 0.15) is 10.6 Å². The Balaban J connectivity index is 1.99. The Bertz CT molecular complexity index is 865. The van der Waals surface area contributed by atoms with Gasteiger partial charge in [0.2, 0.25) is 12.1 Å². The molecule has 0 saturated heterocycles. The number of para-hydroxylation sites is 1. The van der Waals surface area contributed by atoms with Crippen LogP contribution < -0.4 is 4.57 Å². The van der Waals surface area contributed by atoms with Gasteiger partial charge >= 0.3 is 5.97 Å². The van der Waals surface area contributed by atoms with Crippen LogP contribution in [0.15, 0.2) is 67.4 Å². The number of aromatic nitrogens is 1. The highest BCUT2D eigenvalue weighted by molar-refractivity contribution is 7.18. The van der Waals surface area contributed by atoms with Gasteiger partial charge in [0.15, 0.2) is 0 Å². The summed E-state index contributed by atoms with van der Waals surface area (Å²) in [6.45, 7) is 3.58. The second-order valence-corrected chi connectivity index (χ2v) is 5.96. The fourth-order valence-corrected chi connectivity index (χ4v) is 3.39. The van der Waals surface area contributed by atoms with E-state index < -0.39 is 0 Å². The van der Waals surface area contributed by atoms with E-state index in [1.165, 1.54) is 0 Å². The van der Waals surface area contributed by atoms with E-state index in [9.17, 15) is 4.79 Å². The number of hydrogen-bond acceptors (Lipinski definition) is 3. The summed E-state index contributed by atoms with van der Waals surface area (Å²) < 4.78 is 7.96. The van der Waals surface area contributed by atoms with Crippen molar-refractivity contribution in [2.75, 3.05) is 0 Å².